The molecule has 1 heterocycles. The largest absolute Gasteiger partial charge is 0.480 e. The van der Waals surface area contributed by atoms with Crippen molar-refractivity contribution in [3.63, 3.8) is 0 Å². The molecule has 0 aliphatic rings. The van der Waals surface area contributed by atoms with E-state index in [0.29, 0.717) is 12.2 Å². The molecule has 0 aliphatic heterocycles. The Hall–Kier alpha value is -2.05. The van der Waals surface area contributed by atoms with Crippen molar-refractivity contribution in [2.75, 3.05) is 13.6 Å². The molecule has 112 valence electrons. The van der Waals surface area contributed by atoms with E-state index in [0.717, 1.165) is 19.3 Å². The number of carboxylic acid groups (broad SMARTS) is 1. The van der Waals surface area contributed by atoms with E-state index in [2.05, 4.69) is 22.2 Å². The van der Waals surface area contributed by atoms with Crippen molar-refractivity contribution >= 4 is 12.0 Å². The van der Waals surface area contributed by atoms with Crippen molar-refractivity contribution in [1.29, 1.82) is 0 Å². The van der Waals surface area contributed by atoms with Crippen molar-refractivity contribution in [3.05, 3.63) is 18.2 Å². The maximum atomic E-state index is 11.9. The maximum Gasteiger partial charge on any atom is 0.326 e. The summed E-state index contributed by atoms with van der Waals surface area (Å²) in [6.45, 7) is 2.71. The number of carbonyl (C=O) groups is 2. The van der Waals surface area contributed by atoms with Crippen LogP contribution >= 0.6 is 0 Å². The quantitative estimate of drug-likeness (QED) is 0.625. The number of H-pyrrole nitrogens is 1. The van der Waals surface area contributed by atoms with Crippen molar-refractivity contribution < 1.29 is 14.7 Å². The number of urea groups is 1. The standard InChI is InChI=1S/C13H22N4O3/c1-3-4-5-6-17(2)13(20)16-11(12(18)19)7-10-8-14-9-15-10/h8-9,11H,3-7H2,1-2H3,(H,14,15)(H,16,20)(H,18,19)/t11-/m0/s1. The van der Waals surface area contributed by atoms with E-state index in [1.165, 1.54) is 11.2 Å². The molecule has 0 saturated heterocycles. The highest BCUT2D eigenvalue weighted by Gasteiger charge is 2.22. The van der Waals surface area contributed by atoms with Gasteiger partial charge in [-0.05, 0) is 6.42 Å². The van der Waals surface area contributed by atoms with Gasteiger partial charge in [-0.2, -0.15) is 0 Å². The van der Waals surface area contributed by atoms with Crippen LogP contribution in [0.1, 0.15) is 31.9 Å². The lowest BCUT2D eigenvalue weighted by Crippen LogP contribution is -2.48. The van der Waals surface area contributed by atoms with Gasteiger partial charge in [0.1, 0.15) is 6.04 Å². The van der Waals surface area contributed by atoms with Gasteiger partial charge in [-0.1, -0.05) is 19.8 Å². The van der Waals surface area contributed by atoms with Crippen LogP contribution in [0, 0.1) is 0 Å². The summed E-state index contributed by atoms with van der Waals surface area (Å²) in [5.41, 5.74) is 0.673. The lowest BCUT2D eigenvalue weighted by molar-refractivity contribution is -0.139. The SMILES string of the molecule is CCCCCN(C)C(=O)N[C@@H](Cc1cnc[nH]1)C(=O)O. The number of nitrogens with one attached hydrogen (secondary N) is 2. The molecule has 0 bridgehead atoms. The number of imidazole rings is 1. The van der Waals surface area contributed by atoms with E-state index in [4.69, 9.17) is 5.11 Å². The molecule has 0 fully saturated rings. The predicted molar refractivity (Wildman–Crippen MR) is 74.4 cm³/mol. The molecule has 0 aliphatic carbocycles. The van der Waals surface area contributed by atoms with Crippen LogP contribution in [0.4, 0.5) is 4.79 Å². The number of amides is 2. The second-order valence-corrected chi connectivity index (χ2v) is 4.75. The Bertz CT molecular complexity index is 419. The van der Waals surface area contributed by atoms with Gasteiger partial charge in [0.2, 0.25) is 0 Å². The van der Waals surface area contributed by atoms with Gasteiger partial charge in [-0.3, -0.25) is 0 Å². The fourth-order valence-electron chi connectivity index (χ4n) is 1.78. The van der Waals surface area contributed by atoms with Gasteiger partial charge in [0.15, 0.2) is 0 Å². The van der Waals surface area contributed by atoms with Gasteiger partial charge in [0, 0.05) is 31.9 Å². The first-order chi connectivity index (χ1) is 9.54. The zero-order chi connectivity index (χ0) is 15.0. The number of carbonyl (C=O) groups excluding carboxylic acids is 1. The van der Waals surface area contributed by atoms with E-state index < -0.39 is 12.0 Å². The molecule has 2 amide bonds. The molecule has 7 nitrogen and oxygen atoms in total. The molecule has 0 radical (unpaired) electrons. The smallest absolute Gasteiger partial charge is 0.326 e. The van der Waals surface area contributed by atoms with Crippen molar-refractivity contribution in [2.45, 2.75) is 38.6 Å². The lowest BCUT2D eigenvalue weighted by Gasteiger charge is -2.21. The van der Waals surface area contributed by atoms with Gasteiger partial charge < -0.3 is 20.3 Å². The van der Waals surface area contributed by atoms with Crippen LogP contribution < -0.4 is 5.32 Å². The second kappa shape index (κ2) is 8.19. The first kappa shape index (κ1) is 16.0. The summed E-state index contributed by atoms with van der Waals surface area (Å²) < 4.78 is 0. The molecular weight excluding hydrogens is 260 g/mol. The molecule has 1 rings (SSSR count). The van der Waals surface area contributed by atoms with Crippen LogP contribution in [0.5, 0.6) is 0 Å². The minimum atomic E-state index is -1.06. The second-order valence-electron chi connectivity index (χ2n) is 4.75. The molecule has 0 spiro atoms. The first-order valence-corrected chi connectivity index (χ1v) is 6.76. The summed E-state index contributed by atoms with van der Waals surface area (Å²) in [4.78, 5) is 31.2. The number of nitrogens with zero attached hydrogens (tertiary/aromatic N) is 2. The maximum absolute atomic E-state index is 11.9. The fourth-order valence-corrected chi connectivity index (χ4v) is 1.78. The highest BCUT2D eigenvalue weighted by atomic mass is 16.4. The zero-order valence-corrected chi connectivity index (χ0v) is 11.9. The summed E-state index contributed by atoms with van der Waals surface area (Å²) in [5, 5.41) is 11.7. The van der Waals surface area contributed by atoms with Gasteiger partial charge in [0.05, 0.1) is 6.33 Å². The number of aromatic amines is 1. The molecule has 1 aromatic heterocycles. The number of hydrogen-bond acceptors (Lipinski definition) is 3. The Morgan fingerprint density at radius 3 is 2.80 bits per heavy atom. The van der Waals surface area contributed by atoms with Crippen LogP contribution in [-0.4, -0.2) is 51.6 Å². The molecule has 7 heteroatoms. The third-order valence-electron chi connectivity index (χ3n) is 3.02. The van der Waals surface area contributed by atoms with E-state index in [9.17, 15) is 9.59 Å². The van der Waals surface area contributed by atoms with Crippen LogP contribution in [0.2, 0.25) is 0 Å². The third-order valence-corrected chi connectivity index (χ3v) is 3.02. The van der Waals surface area contributed by atoms with Gasteiger partial charge in [-0.15, -0.1) is 0 Å². The molecule has 0 saturated carbocycles. The molecule has 3 N–H and O–H groups in total. The van der Waals surface area contributed by atoms with Gasteiger partial charge in [0.25, 0.3) is 0 Å². The number of hydrogen-bond donors (Lipinski definition) is 3. The summed E-state index contributed by atoms with van der Waals surface area (Å²) in [7, 11) is 1.67. The van der Waals surface area contributed by atoms with E-state index in [1.807, 2.05) is 0 Å². The summed E-state index contributed by atoms with van der Waals surface area (Å²) in [6, 6.07) is -1.33. The van der Waals surface area contributed by atoms with E-state index >= 15 is 0 Å². The molecule has 1 aromatic rings. The van der Waals surface area contributed by atoms with E-state index in [-0.39, 0.29) is 12.5 Å². The Labute approximate surface area is 118 Å². The van der Waals surface area contributed by atoms with Gasteiger partial charge in [-0.25, -0.2) is 14.6 Å². The Kier molecular flexibility index (Phi) is 6.55. The average molecular weight is 282 g/mol. The summed E-state index contributed by atoms with van der Waals surface area (Å²) >= 11 is 0. The van der Waals surface area contributed by atoms with Gasteiger partial charge >= 0.3 is 12.0 Å². The lowest BCUT2D eigenvalue weighted by atomic mass is 10.1. The van der Waals surface area contributed by atoms with Crippen LogP contribution in [0.15, 0.2) is 12.5 Å². The summed E-state index contributed by atoms with van der Waals surface area (Å²) in [6.07, 6.45) is 6.25. The van der Waals surface area contributed by atoms with Crippen molar-refractivity contribution in [2.24, 2.45) is 0 Å². The number of carboxylic acids is 1. The van der Waals surface area contributed by atoms with Crippen molar-refractivity contribution in [1.82, 2.24) is 20.2 Å². The minimum absolute atomic E-state index is 0.184. The Morgan fingerprint density at radius 2 is 2.25 bits per heavy atom. The summed E-state index contributed by atoms with van der Waals surface area (Å²) in [5.74, 6) is -1.06. The molecule has 0 aromatic carbocycles. The molecule has 20 heavy (non-hydrogen) atoms. The molecular formula is C13H22N4O3. The highest BCUT2D eigenvalue weighted by molar-refractivity contribution is 5.82. The van der Waals surface area contributed by atoms with Crippen LogP contribution in [0.25, 0.3) is 0 Å². The Balaban J connectivity index is 2.48. The monoisotopic (exact) mass is 282 g/mol. The zero-order valence-electron chi connectivity index (χ0n) is 11.9. The number of aliphatic carboxylic acids is 1. The number of unbranched alkanes of at least 4 members (excludes halogenated alkanes) is 2. The average Bonchev–Trinajstić information content (AvgIpc) is 2.90. The molecule has 1 atom stereocenters. The van der Waals surface area contributed by atoms with Crippen LogP contribution in [-0.2, 0) is 11.2 Å². The number of aromatic nitrogens is 2. The van der Waals surface area contributed by atoms with Crippen molar-refractivity contribution in [3.8, 4) is 0 Å². The highest BCUT2D eigenvalue weighted by Crippen LogP contribution is 2.01. The normalized spacial score (nSPS) is 11.9. The van der Waals surface area contributed by atoms with Crippen LogP contribution in [0.3, 0.4) is 0 Å². The minimum Gasteiger partial charge on any atom is -0.480 e. The topological polar surface area (TPSA) is 98.3 Å². The first-order valence-electron chi connectivity index (χ1n) is 6.76. The fraction of sp³-hybridized carbons (Fsp3) is 0.615. The van der Waals surface area contributed by atoms with E-state index in [1.54, 1.807) is 13.2 Å². The number of rotatable bonds is 8. The predicted octanol–water partition coefficient (Wildman–Crippen LogP) is 1.24. The third kappa shape index (κ3) is 5.29. The molecule has 0 unspecified atom stereocenters. The Morgan fingerprint density at radius 1 is 1.50 bits per heavy atom.